The summed E-state index contributed by atoms with van der Waals surface area (Å²) in [6, 6.07) is 0. The lowest BCUT2D eigenvalue weighted by molar-refractivity contribution is -0.395. The zero-order valence-electron chi connectivity index (χ0n) is 20.7. The lowest BCUT2D eigenvalue weighted by Crippen LogP contribution is -2.39. The molecule has 0 heterocycles. The van der Waals surface area contributed by atoms with Crippen molar-refractivity contribution in [3.63, 3.8) is 0 Å². The Morgan fingerprint density at radius 3 is 1.73 bits per heavy atom. The zero-order chi connectivity index (χ0) is 28.2. The number of halogens is 6. The summed E-state index contributed by atoms with van der Waals surface area (Å²) in [6.07, 6.45) is -11.9. The quantitative estimate of drug-likeness (QED) is 0.0814. The van der Waals surface area contributed by atoms with Gasteiger partial charge in [0.15, 0.2) is 0 Å². The number of alkyl halides is 6. The molecule has 2 atom stereocenters. The van der Waals surface area contributed by atoms with E-state index in [-0.39, 0.29) is 59.3 Å². The lowest BCUT2D eigenvalue weighted by Gasteiger charge is -2.23. The van der Waals surface area contributed by atoms with Gasteiger partial charge in [-0.15, -0.1) is 0 Å². The third-order valence-corrected chi connectivity index (χ3v) is 4.20. The molecule has 0 aliphatic heterocycles. The number of rotatable bonds is 26. The van der Waals surface area contributed by atoms with Crippen LogP contribution in [0.5, 0.6) is 0 Å². The minimum atomic E-state index is -4.37. The standard InChI is InChI=1S/C21H38F6O10/c1-2-19(22,23)4-3-6-33-14-20(24,25)37-21(26,27)15-36-16-34-9-8-32-11-18(30)13-35-12-17(29)10-31-7-5-28/h17-18,28-30H,2-16H2,1H3. The molecule has 37 heavy (non-hydrogen) atoms. The number of hydrogen-bond donors (Lipinski definition) is 3. The predicted molar refractivity (Wildman–Crippen MR) is 115 cm³/mol. The normalized spacial score (nSPS) is 14.8. The van der Waals surface area contributed by atoms with Gasteiger partial charge in [-0.2, -0.15) is 17.6 Å². The first-order chi connectivity index (χ1) is 17.3. The molecule has 0 aromatic carbocycles. The van der Waals surface area contributed by atoms with Gasteiger partial charge in [-0.05, 0) is 6.42 Å². The van der Waals surface area contributed by atoms with Crippen molar-refractivity contribution in [3.05, 3.63) is 0 Å². The van der Waals surface area contributed by atoms with E-state index in [9.17, 15) is 36.6 Å². The van der Waals surface area contributed by atoms with Crippen LogP contribution in [0, 0.1) is 0 Å². The van der Waals surface area contributed by atoms with E-state index in [4.69, 9.17) is 24.1 Å². The topological polar surface area (TPSA) is 125 Å². The summed E-state index contributed by atoms with van der Waals surface area (Å²) >= 11 is 0. The van der Waals surface area contributed by atoms with Crippen LogP contribution >= 0.6 is 0 Å². The second-order valence-electron chi connectivity index (χ2n) is 7.84. The molecule has 0 spiro atoms. The third kappa shape index (κ3) is 22.8. The molecule has 0 aliphatic carbocycles. The van der Waals surface area contributed by atoms with E-state index in [0.29, 0.717) is 0 Å². The maximum absolute atomic E-state index is 13.5. The molecule has 0 radical (unpaired) electrons. The number of ether oxygens (including phenoxy) is 7. The smallest absolute Gasteiger partial charge is 0.383 e. The first kappa shape index (κ1) is 36.2. The van der Waals surface area contributed by atoms with Crippen LogP contribution in [0.1, 0.15) is 26.2 Å². The highest BCUT2D eigenvalue weighted by Crippen LogP contribution is 2.28. The van der Waals surface area contributed by atoms with E-state index >= 15 is 0 Å². The molecule has 224 valence electrons. The Morgan fingerprint density at radius 1 is 0.649 bits per heavy atom. The highest BCUT2D eigenvalue weighted by Gasteiger charge is 2.44. The Bertz CT molecular complexity index is 548. The van der Waals surface area contributed by atoms with Crippen LogP contribution in [0.3, 0.4) is 0 Å². The van der Waals surface area contributed by atoms with E-state index in [1.807, 2.05) is 0 Å². The third-order valence-electron chi connectivity index (χ3n) is 4.20. The number of aliphatic hydroxyl groups excluding tert-OH is 3. The van der Waals surface area contributed by atoms with E-state index in [2.05, 4.69) is 14.2 Å². The molecule has 0 aromatic heterocycles. The van der Waals surface area contributed by atoms with Gasteiger partial charge in [0.25, 0.3) is 0 Å². The van der Waals surface area contributed by atoms with Gasteiger partial charge in [0.05, 0.1) is 52.9 Å². The molecule has 0 amide bonds. The van der Waals surface area contributed by atoms with Gasteiger partial charge in [-0.25, -0.2) is 8.78 Å². The molecule has 2 unspecified atom stereocenters. The van der Waals surface area contributed by atoms with Crippen LogP contribution in [0.15, 0.2) is 0 Å². The van der Waals surface area contributed by atoms with Crippen LogP contribution < -0.4 is 0 Å². The van der Waals surface area contributed by atoms with Gasteiger partial charge >= 0.3 is 12.2 Å². The molecule has 0 fully saturated rings. The van der Waals surface area contributed by atoms with Crippen molar-refractivity contribution in [2.75, 3.05) is 79.5 Å². The van der Waals surface area contributed by atoms with Gasteiger partial charge in [-0.1, -0.05) is 6.92 Å². The van der Waals surface area contributed by atoms with Crippen molar-refractivity contribution in [1.29, 1.82) is 0 Å². The molecule has 0 aliphatic rings. The highest BCUT2D eigenvalue weighted by molar-refractivity contribution is 4.63. The molecule has 0 bridgehead atoms. The van der Waals surface area contributed by atoms with Crippen molar-refractivity contribution in [2.24, 2.45) is 0 Å². The van der Waals surface area contributed by atoms with Crippen LogP contribution in [0.2, 0.25) is 0 Å². The minimum absolute atomic E-state index is 0.0353. The zero-order valence-corrected chi connectivity index (χ0v) is 20.7. The van der Waals surface area contributed by atoms with Crippen molar-refractivity contribution < 1.29 is 74.8 Å². The molecule has 0 saturated carbocycles. The molecule has 3 N–H and O–H groups in total. The molecule has 10 nitrogen and oxygen atoms in total. The Kier molecular flexibility index (Phi) is 19.7. The molecule has 0 saturated heterocycles. The van der Waals surface area contributed by atoms with Crippen molar-refractivity contribution in [3.8, 4) is 0 Å². The van der Waals surface area contributed by atoms with Gasteiger partial charge in [0, 0.05) is 19.4 Å². The minimum Gasteiger partial charge on any atom is -0.394 e. The largest absolute Gasteiger partial charge is 0.394 e. The van der Waals surface area contributed by atoms with E-state index < -0.39 is 69.8 Å². The average molecular weight is 565 g/mol. The molecule has 0 rings (SSSR count). The Labute approximate surface area is 211 Å². The summed E-state index contributed by atoms with van der Waals surface area (Å²) in [5.74, 6) is -2.94. The maximum atomic E-state index is 13.5. The van der Waals surface area contributed by atoms with Crippen molar-refractivity contribution in [1.82, 2.24) is 0 Å². The van der Waals surface area contributed by atoms with Gasteiger partial charge in [0.1, 0.15) is 32.2 Å². The second kappa shape index (κ2) is 20.1. The summed E-state index contributed by atoms with van der Waals surface area (Å²) in [4.78, 5) is 0. The van der Waals surface area contributed by atoms with Gasteiger partial charge in [-0.3, -0.25) is 4.74 Å². The van der Waals surface area contributed by atoms with Crippen LogP contribution in [-0.4, -0.2) is 125 Å². The summed E-state index contributed by atoms with van der Waals surface area (Å²) in [5, 5.41) is 27.7. The molecule has 0 aromatic rings. The first-order valence-corrected chi connectivity index (χ1v) is 11.6. The highest BCUT2D eigenvalue weighted by atomic mass is 19.3. The molecular formula is C21H38F6O10. The summed E-state index contributed by atoms with van der Waals surface area (Å²) < 4.78 is 112. The van der Waals surface area contributed by atoms with E-state index in [1.165, 1.54) is 6.92 Å². The monoisotopic (exact) mass is 564 g/mol. The van der Waals surface area contributed by atoms with Crippen LogP contribution in [0.4, 0.5) is 26.3 Å². The van der Waals surface area contributed by atoms with Gasteiger partial charge in [0.2, 0.25) is 5.92 Å². The fourth-order valence-electron chi connectivity index (χ4n) is 2.41. The molecular weight excluding hydrogens is 526 g/mol. The van der Waals surface area contributed by atoms with Crippen LogP contribution in [-0.2, 0) is 33.2 Å². The first-order valence-electron chi connectivity index (χ1n) is 11.6. The van der Waals surface area contributed by atoms with E-state index in [1.54, 1.807) is 0 Å². The number of hydrogen-bond acceptors (Lipinski definition) is 10. The second-order valence-corrected chi connectivity index (χ2v) is 7.84. The average Bonchev–Trinajstić information content (AvgIpc) is 2.79. The van der Waals surface area contributed by atoms with Crippen molar-refractivity contribution >= 4 is 0 Å². The predicted octanol–water partition coefficient (Wildman–Crippen LogP) is 1.79. The fraction of sp³-hybridized carbons (Fsp3) is 1.00. The van der Waals surface area contributed by atoms with E-state index in [0.717, 1.165) is 0 Å². The summed E-state index contributed by atoms with van der Waals surface area (Å²) in [7, 11) is 0. The van der Waals surface area contributed by atoms with Gasteiger partial charge < -0.3 is 43.7 Å². The lowest BCUT2D eigenvalue weighted by atomic mass is 10.1. The van der Waals surface area contributed by atoms with Crippen molar-refractivity contribution in [2.45, 2.75) is 56.5 Å². The SMILES string of the molecule is CCC(F)(F)CCCOCC(F)(F)OC(F)(F)COCOCCOCC(O)COCC(O)COCCO. The number of aliphatic hydroxyl groups is 3. The Hall–Kier alpha value is -0.820. The summed E-state index contributed by atoms with van der Waals surface area (Å²) in [5.41, 5.74) is 0. The fourth-order valence-corrected chi connectivity index (χ4v) is 2.41. The molecule has 16 heteroatoms. The summed E-state index contributed by atoms with van der Waals surface area (Å²) in [6.45, 7) is -3.65. The Morgan fingerprint density at radius 2 is 1.16 bits per heavy atom. The maximum Gasteiger partial charge on any atom is 0.383 e. The Balaban J connectivity index is 3.78. The van der Waals surface area contributed by atoms with Crippen LogP contribution in [0.25, 0.3) is 0 Å².